The number of rotatable bonds is 11. The number of aliphatic hydroxyl groups is 1. The van der Waals surface area contributed by atoms with E-state index in [1.54, 1.807) is 6.07 Å². The SMILES string of the molecule is O=C(CCCCCc1ccccc1)N(CC1CCCCC1)[C@@H]1CC[C@@]2(O)[C@H]3Cc4ccc(O)c5c4[C@@]2(CCN3CC2CC2)[C@H]1O5. The van der Waals surface area contributed by atoms with Crippen molar-refractivity contribution in [2.24, 2.45) is 11.8 Å². The number of hydrogen-bond donors (Lipinski definition) is 2. The topological polar surface area (TPSA) is 73.2 Å². The zero-order valence-corrected chi connectivity index (χ0v) is 27.0. The Balaban J connectivity index is 1.07. The number of benzene rings is 2. The highest BCUT2D eigenvalue weighted by Crippen LogP contribution is 2.66. The summed E-state index contributed by atoms with van der Waals surface area (Å²) in [7, 11) is 0. The van der Waals surface area contributed by atoms with Gasteiger partial charge in [0.15, 0.2) is 11.5 Å². The van der Waals surface area contributed by atoms with Gasteiger partial charge in [-0.3, -0.25) is 9.69 Å². The number of phenolic OH excluding ortho intramolecular Hbond substituents is 1. The molecule has 8 rings (SSSR count). The number of nitrogens with zero attached hydrogens (tertiary/aromatic N) is 2. The highest BCUT2D eigenvalue weighted by Gasteiger charge is 2.73. The van der Waals surface area contributed by atoms with Gasteiger partial charge in [0.1, 0.15) is 6.10 Å². The van der Waals surface area contributed by atoms with E-state index >= 15 is 0 Å². The van der Waals surface area contributed by atoms with Crippen LogP contribution in [-0.4, -0.2) is 69.3 Å². The Morgan fingerprint density at radius 1 is 0.933 bits per heavy atom. The van der Waals surface area contributed by atoms with Gasteiger partial charge in [0.2, 0.25) is 5.91 Å². The van der Waals surface area contributed by atoms with Crippen molar-refractivity contribution in [2.75, 3.05) is 19.6 Å². The second-order valence-corrected chi connectivity index (χ2v) is 15.5. The van der Waals surface area contributed by atoms with Crippen LogP contribution in [0.15, 0.2) is 42.5 Å². The van der Waals surface area contributed by atoms with Crippen LogP contribution in [0, 0.1) is 11.8 Å². The predicted molar refractivity (Wildman–Crippen MR) is 175 cm³/mol. The van der Waals surface area contributed by atoms with E-state index in [4.69, 9.17) is 4.74 Å². The number of hydrogen-bond acceptors (Lipinski definition) is 5. The zero-order chi connectivity index (χ0) is 30.6. The first-order chi connectivity index (χ1) is 22.0. The summed E-state index contributed by atoms with van der Waals surface area (Å²) in [6.45, 7) is 2.83. The second-order valence-electron chi connectivity index (χ2n) is 15.5. The van der Waals surface area contributed by atoms with Gasteiger partial charge in [0, 0.05) is 31.1 Å². The molecule has 6 nitrogen and oxygen atoms in total. The summed E-state index contributed by atoms with van der Waals surface area (Å²) < 4.78 is 6.91. The number of unbranched alkanes of at least 4 members (excludes halogenated alkanes) is 2. The normalized spacial score (nSPS) is 32.2. The molecule has 4 fully saturated rings. The quantitative estimate of drug-likeness (QED) is 0.282. The molecule has 0 radical (unpaired) electrons. The van der Waals surface area contributed by atoms with Gasteiger partial charge in [0.05, 0.1) is 17.1 Å². The van der Waals surface area contributed by atoms with Gasteiger partial charge >= 0.3 is 0 Å². The smallest absolute Gasteiger partial charge is 0.222 e. The second kappa shape index (κ2) is 11.9. The fourth-order valence-electron chi connectivity index (χ4n) is 10.4. The van der Waals surface area contributed by atoms with Crippen LogP contribution in [0.4, 0.5) is 0 Å². The third kappa shape index (κ3) is 5.10. The fourth-order valence-corrected chi connectivity index (χ4v) is 10.4. The monoisotopic (exact) mass is 612 g/mol. The van der Waals surface area contributed by atoms with Crippen LogP contribution in [0.2, 0.25) is 0 Å². The van der Waals surface area contributed by atoms with Crippen LogP contribution in [0.25, 0.3) is 0 Å². The first-order valence-electron chi connectivity index (χ1n) is 18.3. The molecule has 1 saturated heterocycles. The van der Waals surface area contributed by atoms with E-state index in [1.807, 2.05) is 0 Å². The molecule has 6 heteroatoms. The molecule has 5 atom stereocenters. The maximum Gasteiger partial charge on any atom is 0.222 e. The lowest BCUT2D eigenvalue weighted by molar-refractivity contribution is -0.202. The largest absolute Gasteiger partial charge is 0.504 e. The highest BCUT2D eigenvalue weighted by atomic mass is 16.5. The van der Waals surface area contributed by atoms with Crippen LogP contribution in [0.1, 0.15) is 107 Å². The maximum atomic E-state index is 14.3. The van der Waals surface area contributed by atoms with Gasteiger partial charge < -0.3 is 19.8 Å². The number of aromatic hydroxyl groups is 1. The Morgan fingerprint density at radius 2 is 1.76 bits per heavy atom. The van der Waals surface area contributed by atoms with Crippen LogP contribution in [0.3, 0.4) is 0 Å². The summed E-state index contributed by atoms with van der Waals surface area (Å²) >= 11 is 0. The molecule has 2 heterocycles. The fraction of sp³-hybridized carbons (Fsp3) is 0.667. The average Bonchev–Trinajstić information content (AvgIpc) is 3.80. The molecule has 242 valence electrons. The maximum absolute atomic E-state index is 14.3. The number of phenols is 1. The summed E-state index contributed by atoms with van der Waals surface area (Å²) in [6.07, 6.45) is 16.2. The van der Waals surface area contributed by atoms with Crippen molar-refractivity contribution in [1.29, 1.82) is 0 Å². The van der Waals surface area contributed by atoms with Crippen molar-refractivity contribution < 1.29 is 19.7 Å². The van der Waals surface area contributed by atoms with Gasteiger partial charge in [-0.05, 0) is 106 Å². The summed E-state index contributed by atoms with van der Waals surface area (Å²) in [5.74, 6) is 2.33. The summed E-state index contributed by atoms with van der Waals surface area (Å²) in [5.41, 5.74) is 2.16. The zero-order valence-electron chi connectivity index (χ0n) is 27.0. The van der Waals surface area contributed by atoms with E-state index < -0.39 is 11.0 Å². The molecule has 2 aliphatic heterocycles. The van der Waals surface area contributed by atoms with Crippen molar-refractivity contribution in [1.82, 2.24) is 9.80 Å². The average molecular weight is 613 g/mol. The van der Waals surface area contributed by atoms with Crippen LogP contribution < -0.4 is 4.74 Å². The first kappa shape index (κ1) is 29.8. The summed E-state index contributed by atoms with van der Waals surface area (Å²) in [4.78, 5) is 19.1. The third-order valence-electron chi connectivity index (χ3n) is 12.8. The van der Waals surface area contributed by atoms with Gasteiger partial charge in [-0.2, -0.15) is 0 Å². The number of aryl methyl sites for hydroxylation is 1. The van der Waals surface area contributed by atoms with Gasteiger partial charge in [-0.25, -0.2) is 0 Å². The lowest BCUT2D eigenvalue weighted by Gasteiger charge is -2.65. The Bertz CT molecular complexity index is 1390. The Hall–Kier alpha value is -2.57. The Labute approximate surface area is 269 Å². The highest BCUT2D eigenvalue weighted by molar-refractivity contribution is 5.77. The van der Waals surface area contributed by atoms with E-state index in [2.05, 4.69) is 46.2 Å². The molecule has 1 spiro atoms. The third-order valence-corrected chi connectivity index (χ3v) is 12.8. The Morgan fingerprint density at radius 3 is 2.56 bits per heavy atom. The van der Waals surface area contributed by atoms with E-state index in [0.29, 0.717) is 24.5 Å². The molecular weight excluding hydrogens is 560 g/mol. The van der Waals surface area contributed by atoms with Gasteiger partial charge in [-0.1, -0.05) is 62.1 Å². The predicted octanol–water partition coefficient (Wildman–Crippen LogP) is 6.54. The van der Waals surface area contributed by atoms with Gasteiger partial charge in [-0.15, -0.1) is 0 Å². The van der Waals surface area contributed by atoms with Crippen molar-refractivity contribution in [3.05, 3.63) is 59.2 Å². The lowest BCUT2D eigenvalue weighted by Crippen LogP contribution is -2.78. The van der Waals surface area contributed by atoms with E-state index in [1.165, 1.54) is 56.1 Å². The molecule has 4 aliphatic carbocycles. The number of piperidine rings is 1. The number of carbonyl (C=O) groups is 1. The minimum absolute atomic E-state index is 0.0639. The van der Waals surface area contributed by atoms with Crippen molar-refractivity contribution >= 4 is 5.91 Å². The number of ether oxygens (including phenoxy) is 1. The first-order valence-corrected chi connectivity index (χ1v) is 18.3. The molecular formula is C39H52N2O4. The van der Waals surface area contributed by atoms with Crippen LogP contribution in [0.5, 0.6) is 11.5 Å². The molecule has 0 aromatic heterocycles. The number of likely N-dealkylation sites (tertiary alicyclic amines) is 1. The summed E-state index contributed by atoms with van der Waals surface area (Å²) in [5, 5.41) is 24.1. The molecule has 2 N–H and O–H groups in total. The van der Waals surface area contributed by atoms with Crippen LogP contribution in [-0.2, 0) is 23.1 Å². The van der Waals surface area contributed by atoms with Crippen molar-refractivity contribution in [3.63, 3.8) is 0 Å². The van der Waals surface area contributed by atoms with Crippen molar-refractivity contribution in [3.8, 4) is 11.5 Å². The molecule has 2 aromatic rings. The van der Waals surface area contributed by atoms with Crippen LogP contribution >= 0.6 is 0 Å². The molecule has 3 saturated carbocycles. The molecule has 6 aliphatic rings. The minimum atomic E-state index is -0.912. The van der Waals surface area contributed by atoms with E-state index in [9.17, 15) is 15.0 Å². The van der Waals surface area contributed by atoms with E-state index in [-0.39, 0.29) is 29.8 Å². The summed E-state index contributed by atoms with van der Waals surface area (Å²) in [6, 6.07) is 14.5. The number of amides is 1. The standard InChI is InChI=1S/C39H52N2O4/c42-32-19-18-30-24-33-39(44)21-20-31(37-38(39,35(30)36(32)45-37)22-23-40(33)25-29-16-17-29)41(26-28-13-7-2-8-14-28)34(43)15-9-3-6-12-27-10-4-1-5-11-27/h1,4-5,10-11,18-19,28-29,31,33,37,42,44H,2-3,6-9,12-17,20-26H2/t31-,33-,37+,38+,39-/m1/s1. The molecule has 0 unspecified atom stereocenters. The van der Waals surface area contributed by atoms with Crippen molar-refractivity contribution in [2.45, 2.75) is 132 Å². The molecule has 2 aromatic carbocycles. The molecule has 45 heavy (non-hydrogen) atoms. The number of carbonyl (C=O) groups excluding carboxylic acids is 1. The minimum Gasteiger partial charge on any atom is -0.504 e. The molecule has 1 amide bonds. The Kier molecular flexibility index (Phi) is 7.88. The molecule has 2 bridgehead atoms. The van der Waals surface area contributed by atoms with Gasteiger partial charge in [0.25, 0.3) is 0 Å². The lowest BCUT2D eigenvalue weighted by atomic mass is 9.48. The van der Waals surface area contributed by atoms with E-state index in [0.717, 1.165) is 76.1 Å².